The van der Waals surface area contributed by atoms with Crippen LogP contribution in [0.25, 0.3) is 0 Å². The SMILES string of the molecule is CCN(CC(C)C)c1nc(NC)c(Cl)cc1Cl. The molecular formula is C12H19Cl2N3. The molecule has 1 N–H and O–H groups in total. The van der Waals surface area contributed by atoms with E-state index in [9.17, 15) is 0 Å². The van der Waals surface area contributed by atoms with Gasteiger partial charge in [0.2, 0.25) is 0 Å². The minimum absolute atomic E-state index is 0.543. The van der Waals surface area contributed by atoms with E-state index in [0.29, 0.717) is 21.8 Å². The molecule has 0 saturated carbocycles. The van der Waals surface area contributed by atoms with Crippen molar-refractivity contribution < 1.29 is 0 Å². The van der Waals surface area contributed by atoms with Gasteiger partial charge in [-0.05, 0) is 18.9 Å². The van der Waals surface area contributed by atoms with Gasteiger partial charge < -0.3 is 10.2 Å². The fourth-order valence-corrected chi connectivity index (χ4v) is 2.23. The maximum atomic E-state index is 6.20. The van der Waals surface area contributed by atoms with Crippen LogP contribution in [-0.4, -0.2) is 25.1 Å². The van der Waals surface area contributed by atoms with E-state index in [2.05, 4.69) is 36.0 Å². The molecule has 0 radical (unpaired) electrons. The largest absolute Gasteiger partial charge is 0.372 e. The van der Waals surface area contributed by atoms with E-state index in [1.807, 2.05) is 0 Å². The summed E-state index contributed by atoms with van der Waals surface area (Å²) in [5.74, 6) is 2.01. The highest BCUT2D eigenvalue weighted by molar-refractivity contribution is 6.37. The lowest BCUT2D eigenvalue weighted by molar-refractivity contribution is 0.615. The first-order chi connectivity index (χ1) is 7.99. The first-order valence-corrected chi connectivity index (χ1v) is 6.53. The van der Waals surface area contributed by atoms with Crippen LogP contribution in [0.5, 0.6) is 0 Å². The molecule has 0 aliphatic rings. The molecule has 0 aliphatic heterocycles. The van der Waals surface area contributed by atoms with Crippen LogP contribution in [0, 0.1) is 5.92 Å². The molecule has 96 valence electrons. The Labute approximate surface area is 113 Å². The fraction of sp³-hybridized carbons (Fsp3) is 0.583. The van der Waals surface area contributed by atoms with Gasteiger partial charge in [-0.2, -0.15) is 0 Å². The molecule has 0 spiro atoms. The summed E-state index contributed by atoms with van der Waals surface area (Å²) in [5.41, 5.74) is 0. The number of pyridine rings is 1. The number of hydrogen-bond acceptors (Lipinski definition) is 3. The van der Waals surface area contributed by atoms with Gasteiger partial charge in [0.25, 0.3) is 0 Å². The van der Waals surface area contributed by atoms with Crippen LogP contribution in [0.1, 0.15) is 20.8 Å². The summed E-state index contributed by atoms with van der Waals surface area (Å²) < 4.78 is 0. The Hall–Kier alpha value is -0.670. The van der Waals surface area contributed by atoms with Gasteiger partial charge in [0.15, 0.2) is 0 Å². The van der Waals surface area contributed by atoms with Gasteiger partial charge in [0.1, 0.15) is 11.6 Å². The lowest BCUT2D eigenvalue weighted by Crippen LogP contribution is -2.28. The van der Waals surface area contributed by atoms with E-state index in [-0.39, 0.29) is 0 Å². The highest BCUT2D eigenvalue weighted by Gasteiger charge is 2.14. The Morgan fingerprint density at radius 2 is 2.00 bits per heavy atom. The summed E-state index contributed by atoms with van der Waals surface area (Å²) in [6.07, 6.45) is 0. The lowest BCUT2D eigenvalue weighted by Gasteiger charge is -2.25. The molecule has 0 aliphatic carbocycles. The zero-order chi connectivity index (χ0) is 13.0. The second kappa shape index (κ2) is 6.31. The van der Waals surface area contributed by atoms with E-state index in [1.54, 1.807) is 13.1 Å². The Morgan fingerprint density at radius 3 is 2.47 bits per heavy atom. The van der Waals surface area contributed by atoms with Crippen LogP contribution in [-0.2, 0) is 0 Å². The minimum Gasteiger partial charge on any atom is -0.372 e. The molecule has 0 atom stereocenters. The maximum Gasteiger partial charge on any atom is 0.149 e. The number of aromatic nitrogens is 1. The zero-order valence-electron chi connectivity index (χ0n) is 10.7. The fourth-order valence-electron chi connectivity index (χ4n) is 1.66. The van der Waals surface area contributed by atoms with Crippen molar-refractivity contribution in [2.75, 3.05) is 30.4 Å². The topological polar surface area (TPSA) is 28.2 Å². The first-order valence-electron chi connectivity index (χ1n) is 5.78. The minimum atomic E-state index is 0.543. The van der Waals surface area contributed by atoms with Gasteiger partial charge >= 0.3 is 0 Å². The van der Waals surface area contributed by atoms with Crippen molar-refractivity contribution in [3.8, 4) is 0 Å². The Balaban J connectivity index is 3.10. The molecule has 0 unspecified atom stereocenters. The normalized spacial score (nSPS) is 10.8. The molecule has 3 nitrogen and oxygen atoms in total. The third-order valence-corrected chi connectivity index (χ3v) is 2.98. The Kier molecular flexibility index (Phi) is 5.34. The van der Waals surface area contributed by atoms with Crippen molar-refractivity contribution >= 4 is 34.8 Å². The molecular weight excluding hydrogens is 257 g/mol. The van der Waals surface area contributed by atoms with Crippen molar-refractivity contribution in [3.63, 3.8) is 0 Å². The van der Waals surface area contributed by atoms with E-state index in [0.717, 1.165) is 18.9 Å². The predicted octanol–water partition coefficient (Wildman–Crippen LogP) is 3.91. The molecule has 0 saturated heterocycles. The molecule has 0 aromatic carbocycles. The number of nitrogens with one attached hydrogen (secondary N) is 1. The summed E-state index contributed by atoms with van der Waals surface area (Å²) >= 11 is 12.2. The number of anilines is 2. The number of halogens is 2. The molecule has 0 bridgehead atoms. The standard InChI is InChI=1S/C12H19Cl2N3/c1-5-17(7-8(2)3)12-10(14)6-9(13)11(15-4)16-12/h6,8H,5,7H2,1-4H3,(H,15,16). The summed E-state index contributed by atoms with van der Waals surface area (Å²) in [5, 5.41) is 4.10. The van der Waals surface area contributed by atoms with E-state index < -0.39 is 0 Å². The van der Waals surface area contributed by atoms with Gasteiger partial charge in [-0.1, -0.05) is 37.0 Å². The summed E-state index contributed by atoms with van der Waals surface area (Å²) in [6.45, 7) is 8.23. The number of rotatable bonds is 5. The van der Waals surface area contributed by atoms with Gasteiger partial charge in [-0.3, -0.25) is 0 Å². The summed E-state index contributed by atoms with van der Waals surface area (Å²) in [7, 11) is 1.80. The molecule has 0 fully saturated rings. The highest BCUT2D eigenvalue weighted by atomic mass is 35.5. The Morgan fingerprint density at radius 1 is 1.35 bits per heavy atom. The maximum absolute atomic E-state index is 6.20. The Bertz CT molecular complexity index is 380. The average molecular weight is 276 g/mol. The third kappa shape index (κ3) is 3.65. The molecule has 0 amide bonds. The van der Waals surface area contributed by atoms with Crippen molar-refractivity contribution in [1.82, 2.24) is 4.98 Å². The van der Waals surface area contributed by atoms with Gasteiger partial charge in [0.05, 0.1) is 10.0 Å². The third-order valence-electron chi connectivity index (χ3n) is 2.41. The van der Waals surface area contributed by atoms with E-state index >= 15 is 0 Å². The molecule has 1 aromatic heterocycles. The van der Waals surface area contributed by atoms with Crippen LogP contribution < -0.4 is 10.2 Å². The van der Waals surface area contributed by atoms with Crippen LogP contribution in [0.15, 0.2) is 6.07 Å². The van der Waals surface area contributed by atoms with E-state index in [1.165, 1.54) is 0 Å². The second-order valence-corrected chi connectivity index (χ2v) is 5.12. The van der Waals surface area contributed by atoms with Gasteiger partial charge in [0, 0.05) is 20.1 Å². The van der Waals surface area contributed by atoms with Crippen molar-refractivity contribution in [2.24, 2.45) is 5.92 Å². The average Bonchev–Trinajstić information content (AvgIpc) is 2.26. The predicted molar refractivity (Wildman–Crippen MR) is 76.5 cm³/mol. The van der Waals surface area contributed by atoms with Crippen LogP contribution in [0.2, 0.25) is 10.0 Å². The van der Waals surface area contributed by atoms with Crippen molar-refractivity contribution in [1.29, 1.82) is 0 Å². The zero-order valence-corrected chi connectivity index (χ0v) is 12.2. The molecule has 1 aromatic rings. The molecule has 1 rings (SSSR count). The second-order valence-electron chi connectivity index (χ2n) is 4.31. The highest BCUT2D eigenvalue weighted by Crippen LogP contribution is 2.31. The molecule has 1 heterocycles. The summed E-state index contributed by atoms with van der Waals surface area (Å²) in [6, 6.07) is 1.74. The molecule has 17 heavy (non-hydrogen) atoms. The monoisotopic (exact) mass is 275 g/mol. The van der Waals surface area contributed by atoms with E-state index in [4.69, 9.17) is 23.2 Å². The van der Waals surface area contributed by atoms with Crippen molar-refractivity contribution in [2.45, 2.75) is 20.8 Å². The molecule has 5 heteroatoms. The smallest absolute Gasteiger partial charge is 0.149 e. The first kappa shape index (κ1) is 14.4. The summed E-state index contributed by atoms with van der Waals surface area (Å²) in [4.78, 5) is 6.62. The number of nitrogens with zero attached hydrogens (tertiary/aromatic N) is 2. The number of hydrogen-bond donors (Lipinski definition) is 1. The van der Waals surface area contributed by atoms with Crippen LogP contribution in [0.4, 0.5) is 11.6 Å². The van der Waals surface area contributed by atoms with Crippen LogP contribution in [0.3, 0.4) is 0 Å². The van der Waals surface area contributed by atoms with Crippen molar-refractivity contribution in [3.05, 3.63) is 16.1 Å². The lowest BCUT2D eigenvalue weighted by atomic mass is 10.2. The van der Waals surface area contributed by atoms with Crippen LogP contribution >= 0.6 is 23.2 Å². The van der Waals surface area contributed by atoms with Gasteiger partial charge in [-0.25, -0.2) is 4.98 Å². The van der Waals surface area contributed by atoms with Gasteiger partial charge in [-0.15, -0.1) is 0 Å². The quantitative estimate of drug-likeness (QED) is 0.883.